The molecule has 0 amide bonds. The Labute approximate surface area is 107 Å². The zero-order valence-corrected chi connectivity index (χ0v) is 11.3. The standard InChI is InChI=1S/C7H12O2.C5H6ClNO/c1-5-6(8)9-7(2,3)4;1-4(3-7)5(8)2-6/h5H,1H2,2-4H3;8H,2H2,1H3. The zero-order valence-electron chi connectivity index (χ0n) is 10.6. The van der Waals surface area contributed by atoms with Crippen LogP contribution in [0.5, 0.6) is 0 Å². The second kappa shape index (κ2) is 8.66. The van der Waals surface area contributed by atoms with Crippen LogP contribution in [0.1, 0.15) is 27.7 Å². The number of halogens is 1. The summed E-state index contributed by atoms with van der Waals surface area (Å²) in [5.74, 6) is -0.406. The van der Waals surface area contributed by atoms with Gasteiger partial charge in [-0.2, -0.15) is 5.26 Å². The van der Waals surface area contributed by atoms with E-state index in [0.29, 0.717) is 0 Å². The molecule has 0 aromatic rings. The van der Waals surface area contributed by atoms with E-state index >= 15 is 0 Å². The third kappa shape index (κ3) is 12.5. The van der Waals surface area contributed by atoms with E-state index in [1.54, 1.807) is 6.07 Å². The third-order valence-electron chi connectivity index (χ3n) is 1.30. The number of esters is 1. The fraction of sp³-hybridized carbons (Fsp3) is 0.500. The van der Waals surface area contributed by atoms with Crippen molar-refractivity contribution in [3.8, 4) is 6.07 Å². The van der Waals surface area contributed by atoms with Crippen LogP contribution in [0.25, 0.3) is 0 Å². The highest BCUT2D eigenvalue weighted by atomic mass is 35.5. The van der Waals surface area contributed by atoms with E-state index < -0.39 is 5.60 Å². The lowest BCUT2D eigenvalue weighted by atomic mass is 10.2. The van der Waals surface area contributed by atoms with Crippen molar-refractivity contribution in [2.45, 2.75) is 33.3 Å². The third-order valence-corrected chi connectivity index (χ3v) is 1.55. The molecule has 0 aliphatic heterocycles. The summed E-state index contributed by atoms with van der Waals surface area (Å²) in [6, 6.07) is 1.76. The fourth-order valence-electron chi connectivity index (χ4n) is 0.508. The molecule has 5 heteroatoms. The van der Waals surface area contributed by atoms with Crippen LogP contribution in [0, 0.1) is 11.3 Å². The molecule has 1 N–H and O–H groups in total. The van der Waals surface area contributed by atoms with Gasteiger partial charge in [0.25, 0.3) is 0 Å². The van der Waals surface area contributed by atoms with Crippen LogP contribution in [0.15, 0.2) is 24.0 Å². The van der Waals surface area contributed by atoms with Gasteiger partial charge >= 0.3 is 5.97 Å². The van der Waals surface area contributed by atoms with Crippen molar-refractivity contribution >= 4 is 17.6 Å². The van der Waals surface area contributed by atoms with Gasteiger partial charge in [-0.3, -0.25) is 0 Å². The number of carbonyl (C=O) groups is 1. The van der Waals surface area contributed by atoms with Crippen LogP contribution < -0.4 is 0 Å². The van der Waals surface area contributed by atoms with E-state index in [0.717, 1.165) is 6.08 Å². The maximum absolute atomic E-state index is 10.5. The number of hydrogen-bond donors (Lipinski definition) is 1. The number of aliphatic hydroxyl groups is 1. The summed E-state index contributed by atoms with van der Waals surface area (Å²) in [4.78, 5) is 10.5. The number of alkyl halides is 1. The van der Waals surface area contributed by atoms with Gasteiger partial charge in [0, 0.05) is 6.08 Å². The van der Waals surface area contributed by atoms with Gasteiger partial charge in [0.15, 0.2) is 0 Å². The minimum atomic E-state index is -0.398. The van der Waals surface area contributed by atoms with Gasteiger partial charge in [-0.1, -0.05) is 6.58 Å². The minimum Gasteiger partial charge on any atom is -0.510 e. The second-order valence-electron chi connectivity index (χ2n) is 4.05. The van der Waals surface area contributed by atoms with Crippen molar-refractivity contribution < 1.29 is 14.6 Å². The molecule has 0 aliphatic rings. The maximum Gasteiger partial charge on any atom is 0.330 e. The molecule has 0 bridgehead atoms. The number of aliphatic hydroxyl groups excluding tert-OH is 1. The Hall–Kier alpha value is -1.47. The number of hydrogen-bond acceptors (Lipinski definition) is 4. The first kappa shape index (κ1) is 17.9. The largest absolute Gasteiger partial charge is 0.510 e. The lowest BCUT2D eigenvalue weighted by Gasteiger charge is -2.17. The first-order chi connectivity index (χ1) is 7.67. The topological polar surface area (TPSA) is 70.3 Å². The van der Waals surface area contributed by atoms with Gasteiger partial charge in [0.1, 0.15) is 11.4 Å². The van der Waals surface area contributed by atoms with Crippen molar-refractivity contribution in [3.05, 3.63) is 24.0 Å². The van der Waals surface area contributed by atoms with Crippen LogP contribution in [0.4, 0.5) is 0 Å². The Morgan fingerprint density at radius 2 is 2.06 bits per heavy atom. The van der Waals surface area contributed by atoms with Crippen molar-refractivity contribution in [1.29, 1.82) is 5.26 Å². The van der Waals surface area contributed by atoms with Gasteiger partial charge in [-0.25, -0.2) is 4.79 Å². The van der Waals surface area contributed by atoms with Gasteiger partial charge in [-0.05, 0) is 27.7 Å². The van der Waals surface area contributed by atoms with E-state index in [4.69, 9.17) is 26.7 Å². The maximum atomic E-state index is 10.5. The fourth-order valence-corrected chi connectivity index (χ4v) is 0.709. The Balaban J connectivity index is 0. The predicted molar refractivity (Wildman–Crippen MR) is 67.7 cm³/mol. The lowest BCUT2D eigenvalue weighted by molar-refractivity contribution is -0.148. The summed E-state index contributed by atoms with van der Waals surface area (Å²) in [6.07, 6.45) is 1.16. The van der Waals surface area contributed by atoms with Crippen molar-refractivity contribution in [2.75, 3.05) is 5.88 Å². The molecule has 0 saturated heterocycles. The monoisotopic (exact) mass is 259 g/mol. The summed E-state index contributed by atoms with van der Waals surface area (Å²) >= 11 is 5.17. The average molecular weight is 260 g/mol. The van der Waals surface area contributed by atoms with Crippen LogP contribution >= 0.6 is 11.6 Å². The molecule has 0 radical (unpaired) electrons. The van der Waals surface area contributed by atoms with Gasteiger partial charge in [0.05, 0.1) is 17.5 Å². The zero-order chi connectivity index (χ0) is 14.1. The predicted octanol–water partition coefficient (Wildman–Crippen LogP) is 3.09. The Kier molecular flexibility index (Phi) is 9.12. The summed E-state index contributed by atoms with van der Waals surface area (Å²) in [7, 11) is 0. The molecule has 0 unspecified atom stereocenters. The van der Waals surface area contributed by atoms with E-state index in [1.165, 1.54) is 6.92 Å². The first-order valence-electron chi connectivity index (χ1n) is 4.88. The second-order valence-corrected chi connectivity index (χ2v) is 4.32. The van der Waals surface area contributed by atoms with Crippen LogP contribution in [-0.2, 0) is 9.53 Å². The smallest absolute Gasteiger partial charge is 0.330 e. The highest BCUT2D eigenvalue weighted by Gasteiger charge is 2.12. The molecular formula is C12H18ClNO3. The normalized spacial score (nSPS) is 11.3. The molecule has 0 aromatic carbocycles. The molecule has 0 heterocycles. The molecule has 0 rings (SSSR count). The highest BCUT2D eigenvalue weighted by Crippen LogP contribution is 2.06. The summed E-state index contributed by atoms with van der Waals surface area (Å²) in [6.45, 7) is 10.2. The molecule has 0 saturated carbocycles. The van der Waals surface area contributed by atoms with Crippen molar-refractivity contribution in [2.24, 2.45) is 0 Å². The Morgan fingerprint density at radius 1 is 1.59 bits per heavy atom. The van der Waals surface area contributed by atoms with E-state index in [9.17, 15) is 4.79 Å². The van der Waals surface area contributed by atoms with Crippen LogP contribution in [-0.4, -0.2) is 22.6 Å². The van der Waals surface area contributed by atoms with Gasteiger partial charge in [0.2, 0.25) is 0 Å². The SMILES string of the molecule is C=CC(=O)OC(C)(C)C.CC(C#N)=C(O)CCl. The first-order valence-corrected chi connectivity index (χ1v) is 5.41. The summed E-state index contributed by atoms with van der Waals surface area (Å²) in [5.41, 5.74) is -0.120. The molecule has 17 heavy (non-hydrogen) atoms. The summed E-state index contributed by atoms with van der Waals surface area (Å²) < 4.78 is 4.83. The van der Waals surface area contributed by atoms with Crippen molar-refractivity contribution in [1.82, 2.24) is 0 Å². The summed E-state index contributed by atoms with van der Waals surface area (Å²) in [5, 5.41) is 16.8. The van der Waals surface area contributed by atoms with Crippen molar-refractivity contribution in [3.63, 3.8) is 0 Å². The molecule has 0 fully saturated rings. The molecule has 0 spiro atoms. The molecule has 0 aromatic heterocycles. The molecule has 0 atom stereocenters. The van der Waals surface area contributed by atoms with E-state index in [-0.39, 0.29) is 23.2 Å². The molecule has 4 nitrogen and oxygen atoms in total. The number of allylic oxidation sites excluding steroid dienone is 2. The minimum absolute atomic E-state index is 0.0133. The molecular weight excluding hydrogens is 242 g/mol. The number of nitriles is 1. The Bertz CT molecular complexity index is 335. The number of rotatable bonds is 2. The lowest BCUT2D eigenvalue weighted by Crippen LogP contribution is -2.22. The highest BCUT2D eigenvalue weighted by molar-refractivity contribution is 6.19. The van der Waals surface area contributed by atoms with E-state index in [2.05, 4.69) is 6.58 Å². The van der Waals surface area contributed by atoms with E-state index in [1.807, 2.05) is 20.8 Å². The van der Waals surface area contributed by atoms with Crippen LogP contribution in [0.3, 0.4) is 0 Å². The van der Waals surface area contributed by atoms with Gasteiger partial charge < -0.3 is 9.84 Å². The molecule has 96 valence electrons. The van der Waals surface area contributed by atoms with Gasteiger partial charge in [-0.15, -0.1) is 11.6 Å². The quantitative estimate of drug-likeness (QED) is 0.272. The number of carbonyl (C=O) groups excluding carboxylic acids is 1. The number of nitrogens with zero attached hydrogens (tertiary/aromatic N) is 1. The van der Waals surface area contributed by atoms with Crippen LogP contribution in [0.2, 0.25) is 0 Å². The molecule has 0 aliphatic carbocycles. The number of ether oxygens (including phenoxy) is 1. The average Bonchev–Trinajstić information content (AvgIpc) is 2.25. The Morgan fingerprint density at radius 3 is 2.18 bits per heavy atom.